The molecule has 1 amide bonds. The minimum Gasteiger partial charge on any atom is -0.507 e. The summed E-state index contributed by atoms with van der Waals surface area (Å²) in [7, 11) is 0. The summed E-state index contributed by atoms with van der Waals surface area (Å²) in [5.41, 5.74) is 2.31. The van der Waals surface area contributed by atoms with Gasteiger partial charge < -0.3 is 15.0 Å². The van der Waals surface area contributed by atoms with Crippen molar-refractivity contribution < 1.29 is 14.7 Å². The number of amides is 1. The van der Waals surface area contributed by atoms with E-state index in [1.54, 1.807) is 29.2 Å². The monoisotopic (exact) mass is 434 g/mol. The van der Waals surface area contributed by atoms with Crippen LogP contribution in [-0.2, 0) is 9.59 Å². The predicted octanol–water partition coefficient (Wildman–Crippen LogP) is 5.58. The van der Waals surface area contributed by atoms with Crippen molar-refractivity contribution in [2.75, 3.05) is 0 Å². The van der Waals surface area contributed by atoms with Gasteiger partial charge in [-0.3, -0.25) is 9.59 Å². The number of H-pyrrole nitrogens is 1. The number of Topliss-reactive ketones (excluding diaryl/α,β-unsaturated/α-hetero) is 1. The number of hydrogen-bond acceptors (Lipinski definition) is 3. The molecule has 2 fully saturated rings. The molecule has 1 aliphatic carbocycles. The number of hydrogen-bond donors (Lipinski definition) is 2. The number of aromatic nitrogens is 1. The molecule has 1 unspecified atom stereocenters. The van der Waals surface area contributed by atoms with Gasteiger partial charge in [-0.05, 0) is 31.0 Å². The summed E-state index contributed by atoms with van der Waals surface area (Å²) >= 11 is 6.12. The molecule has 2 heterocycles. The Morgan fingerprint density at radius 2 is 1.81 bits per heavy atom. The number of halogens is 1. The van der Waals surface area contributed by atoms with Gasteiger partial charge in [0.1, 0.15) is 5.76 Å². The van der Waals surface area contributed by atoms with E-state index in [1.165, 1.54) is 0 Å². The van der Waals surface area contributed by atoms with Crippen molar-refractivity contribution in [2.45, 2.75) is 44.2 Å². The van der Waals surface area contributed by atoms with Gasteiger partial charge in [-0.1, -0.05) is 61.2 Å². The number of rotatable bonds is 3. The first kappa shape index (κ1) is 19.9. The number of ketones is 1. The average Bonchev–Trinajstić information content (AvgIpc) is 3.33. The predicted molar refractivity (Wildman–Crippen MR) is 121 cm³/mol. The van der Waals surface area contributed by atoms with E-state index in [-0.39, 0.29) is 17.4 Å². The van der Waals surface area contributed by atoms with Gasteiger partial charge in [0.25, 0.3) is 11.7 Å². The summed E-state index contributed by atoms with van der Waals surface area (Å²) in [4.78, 5) is 31.5. The Balaban J connectivity index is 1.73. The van der Waals surface area contributed by atoms with E-state index in [4.69, 9.17) is 11.6 Å². The minimum atomic E-state index is -0.641. The zero-order valence-corrected chi connectivity index (χ0v) is 17.7. The highest BCUT2D eigenvalue weighted by molar-refractivity contribution is 6.47. The van der Waals surface area contributed by atoms with Crippen LogP contribution in [0.15, 0.2) is 60.3 Å². The number of aromatic amines is 1. The van der Waals surface area contributed by atoms with Crippen LogP contribution in [0.5, 0.6) is 0 Å². The van der Waals surface area contributed by atoms with Crippen LogP contribution in [0.4, 0.5) is 0 Å². The lowest BCUT2D eigenvalue weighted by molar-refractivity contribution is -0.141. The molecule has 0 radical (unpaired) electrons. The van der Waals surface area contributed by atoms with Crippen LogP contribution in [-0.4, -0.2) is 32.7 Å². The van der Waals surface area contributed by atoms with Crippen LogP contribution < -0.4 is 0 Å². The molecule has 1 saturated heterocycles. The molecule has 0 spiro atoms. The van der Waals surface area contributed by atoms with E-state index in [2.05, 4.69) is 4.98 Å². The molecule has 0 bridgehead atoms. The molecular formula is C25H23ClN2O3. The van der Waals surface area contributed by atoms with Crippen LogP contribution >= 0.6 is 11.6 Å². The van der Waals surface area contributed by atoms with Crippen molar-refractivity contribution in [1.82, 2.24) is 9.88 Å². The molecular weight excluding hydrogens is 412 g/mol. The van der Waals surface area contributed by atoms with E-state index in [0.717, 1.165) is 48.6 Å². The maximum absolute atomic E-state index is 13.3. The van der Waals surface area contributed by atoms with Gasteiger partial charge in [0.2, 0.25) is 0 Å². The van der Waals surface area contributed by atoms with E-state index in [1.807, 2.05) is 30.5 Å². The molecule has 158 valence electrons. The van der Waals surface area contributed by atoms with Crippen LogP contribution in [0.3, 0.4) is 0 Å². The first-order valence-corrected chi connectivity index (χ1v) is 11.1. The molecule has 1 saturated carbocycles. The normalized spacial score (nSPS) is 21.8. The van der Waals surface area contributed by atoms with Crippen molar-refractivity contribution >= 4 is 40.0 Å². The second-order valence-electron chi connectivity index (χ2n) is 8.30. The Morgan fingerprint density at radius 3 is 2.58 bits per heavy atom. The van der Waals surface area contributed by atoms with Crippen molar-refractivity contribution in [3.63, 3.8) is 0 Å². The molecule has 6 heteroatoms. The van der Waals surface area contributed by atoms with Gasteiger partial charge in [-0.25, -0.2) is 0 Å². The van der Waals surface area contributed by atoms with Crippen LogP contribution in [0.2, 0.25) is 5.02 Å². The number of aliphatic hydroxyl groups is 1. The summed E-state index contributed by atoms with van der Waals surface area (Å²) < 4.78 is 0. The number of nitrogens with one attached hydrogen (secondary N) is 1. The number of likely N-dealkylation sites (tertiary alicyclic amines) is 1. The molecule has 31 heavy (non-hydrogen) atoms. The molecule has 3 aromatic rings. The molecule has 1 atom stereocenters. The lowest BCUT2D eigenvalue weighted by atomic mass is 9.91. The average molecular weight is 435 g/mol. The highest BCUT2D eigenvalue weighted by atomic mass is 35.5. The SMILES string of the molecule is O=C1C(=O)N(C2CCCCC2)C(c2c[nH]c3ccccc23)/C1=C(\O)c1cccc(Cl)c1. The Labute approximate surface area is 185 Å². The van der Waals surface area contributed by atoms with Gasteiger partial charge in [0.05, 0.1) is 11.6 Å². The Morgan fingerprint density at radius 1 is 1.03 bits per heavy atom. The lowest BCUT2D eigenvalue weighted by Crippen LogP contribution is -2.40. The van der Waals surface area contributed by atoms with Crippen molar-refractivity contribution in [3.8, 4) is 0 Å². The maximum Gasteiger partial charge on any atom is 0.295 e. The number of nitrogens with zero attached hydrogens (tertiary/aromatic N) is 1. The van der Waals surface area contributed by atoms with Gasteiger partial charge >= 0.3 is 0 Å². The molecule has 1 aromatic heterocycles. The second kappa shape index (κ2) is 7.89. The summed E-state index contributed by atoms with van der Waals surface area (Å²) in [6.07, 6.45) is 6.78. The summed E-state index contributed by atoms with van der Waals surface area (Å²) in [5, 5.41) is 12.6. The number of carbonyl (C=O) groups excluding carboxylic acids is 2. The van der Waals surface area contributed by atoms with E-state index in [0.29, 0.717) is 10.6 Å². The fourth-order valence-electron chi connectivity index (χ4n) is 5.00. The molecule has 5 rings (SSSR count). The second-order valence-corrected chi connectivity index (χ2v) is 8.73. The van der Waals surface area contributed by atoms with Gasteiger partial charge in [0, 0.05) is 39.3 Å². The topological polar surface area (TPSA) is 73.4 Å². The summed E-state index contributed by atoms with van der Waals surface area (Å²) in [6.45, 7) is 0. The number of carbonyl (C=O) groups is 2. The number of aliphatic hydroxyl groups excluding tert-OH is 1. The molecule has 1 aliphatic heterocycles. The van der Waals surface area contributed by atoms with Crippen molar-refractivity contribution in [1.29, 1.82) is 0 Å². The third-order valence-electron chi connectivity index (χ3n) is 6.46. The molecule has 2 aliphatic rings. The molecule has 5 nitrogen and oxygen atoms in total. The minimum absolute atomic E-state index is 0.0199. The zero-order chi connectivity index (χ0) is 21.5. The quantitative estimate of drug-likeness (QED) is 0.321. The number of fused-ring (bicyclic) bond motifs is 1. The van der Waals surface area contributed by atoms with E-state index >= 15 is 0 Å². The van der Waals surface area contributed by atoms with E-state index in [9.17, 15) is 14.7 Å². The first-order valence-electron chi connectivity index (χ1n) is 10.7. The fourth-order valence-corrected chi connectivity index (χ4v) is 5.19. The number of benzene rings is 2. The third kappa shape index (κ3) is 3.33. The highest BCUT2D eigenvalue weighted by Crippen LogP contribution is 2.45. The Hall–Kier alpha value is -3.05. The maximum atomic E-state index is 13.3. The van der Waals surface area contributed by atoms with Crippen LogP contribution in [0, 0.1) is 0 Å². The van der Waals surface area contributed by atoms with Crippen molar-refractivity contribution in [3.05, 3.63) is 76.5 Å². The largest absolute Gasteiger partial charge is 0.507 e. The summed E-state index contributed by atoms with van der Waals surface area (Å²) in [5.74, 6) is -1.36. The molecule has 2 aromatic carbocycles. The van der Waals surface area contributed by atoms with E-state index < -0.39 is 17.7 Å². The van der Waals surface area contributed by atoms with Crippen molar-refractivity contribution in [2.24, 2.45) is 0 Å². The Bertz CT molecular complexity index is 1210. The first-order chi connectivity index (χ1) is 15.1. The number of para-hydroxylation sites is 1. The third-order valence-corrected chi connectivity index (χ3v) is 6.70. The van der Waals surface area contributed by atoms with Gasteiger partial charge in [-0.2, -0.15) is 0 Å². The summed E-state index contributed by atoms with van der Waals surface area (Å²) in [6, 6.07) is 13.9. The van der Waals surface area contributed by atoms with Gasteiger partial charge in [0.15, 0.2) is 0 Å². The fraction of sp³-hybridized carbons (Fsp3) is 0.280. The molecule has 2 N–H and O–H groups in total. The Kier molecular flexibility index (Phi) is 5.06. The smallest absolute Gasteiger partial charge is 0.295 e. The van der Waals surface area contributed by atoms with Gasteiger partial charge in [-0.15, -0.1) is 0 Å². The highest BCUT2D eigenvalue weighted by Gasteiger charge is 2.49. The zero-order valence-electron chi connectivity index (χ0n) is 17.0. The standard InChI is InChI=1S/C25H23ClN2O3/c26-16-8-6-7-15(13-16)23(29)21-22(19-14-27-20-12-5-4-11-18(19)20)28(25(31)24(21)30)17-9-2-1-3-10-17/h4-8,11-14,17,22,27,29H,1-3,9-10H2/b23-21+. The van der Waals surface area contributed by atoms with Crippen LogP contribution in [0.1, 0.15) is 49.3 Å². The van der Waals surface area contributed by atoms with Crippen LogP contribution in [0.25, 0.3) is 16.7 Å². The lowest BCUT2D eigenvalue weighted by Gasteiger charge is -2.35.